The number of nitrogens with zero attached hydrogens (tertiary/aromatic N) is 1. The van der Waals surface area contributed by atoms with Crippen LogP contribution in [-0.4, -0.2) is 11.1 Å². The van der Waals surface area contributed by atoms with Crippen LogP contribution in [0.1, 0.15) is 28.6 Å². The zero-order chi connectivity index (χ0) is 14.8. The highest BCUT2D eigenvalue weighted by molar-refractivity contribution is 7.09. The Labute approximate surface area is 130 Å². The van der Waals surface area contributed by atoms with Crippen LogP contribution in [0.25, 0.3) is 10.9 Å². The maximum atomic E-state index is 3.40. The van der Waals surface area contributed by atoms with Crippen LogP contribution in [0.5, 0.6) is 0 Å². The second-order valence-electron chi connectivity index (χ2n) is 5.51. The maximum absolute atomic E-state index is 3.40. The minimum atomic E-state index is 0.945. The average molecular weight is 298 g/mol. The molecule has 0 saturated heterocycles. The van der Waals surface area contributed by atoms with Gasteiger partial charge in [0.2, 0.25) is 0 Å². The van der Waals surface area contributed by atoms with Gasteiger partial charge in [-0.3, -0.25) is 0 Å². The first kappa shape index (κ1) is 14.4. The maximum Gasteiger partial charge on any atom is 0.0572 e. The predicted octanol–water partition coefficient (Wildman–Crippen LogP) is 4.48. The molecule has 3 heteroatoms. The Hall–Kier alpha value is -1.58. The summed E-state index contributed by atoms with van der Waals surface area (Å²) in [5.41, 5.74) is 5.48. The second kappa shape index (κ2) is 6.04. The van der Waals surface area contributed by atoms with Crippen LogP contribution < -0.4 is 5.32 Å². The summed E-state index contributed by atoms with van der Waals surface area (Å²) in [6.07, 6.45) is 0. The highest BCUT2D eigenvalue weighted by atomic mass is 32.1. The number of fused-ring (bicyclic) bond motifs is 1. The first-order chi connectivity index (χ1) is 10.2. The Kier molecular flexibility index (Phi) is 4.13. The third-order valence-corrected chi connectivity index (χ3v) is 5.04. The number of rotatable bonds is 5. The molecule has 2 nitrogen and oxygen atoms in total. The highest BCUT2D eigenvalue weighted by Gasteiger charge is 2.12. The van der Waals surface area contributed by atoms with E-state index in [1.165, 1.54) is 32.6 Å². The fraction of sp³-hybridized carbons (Fsp3) is 0.333. The number of hydrogen-bond acceptors (Lipinski definition) is 2. The summed E-state index contributed by atoms with van der Waals surface area (Å²) in [6.45, 7) is 9.54. The van der Waals surface area contributed by atoms with Crippen molar-refractivity contribution in [2.75, 3.05) is 6.54 Å². The zero-order valence-electron chi connectivity index (χ0n) is 12.9. The second-order valence-corrected chi connectivity index (χ2v) is 6.54. The lowest BCUT2D eigenvalue weighted by Crippen LogP contribution is -2.11. The monoisotopic (exact) mass is 298 g/mol. The highest BCUT2D eigenvalue weighted by Crippen LogP contribution is 2.27. The van der Waals surface area contributed by atoms with Crippen molar-refractivity contribution in [3.05, 3.63) is 57.4 Å². The third-order valence-electron chi connectivity index (χ3n) is 4.18. The van der Waals surface area contributed by atoms with Gasteiger partial charge in [-0.15, -0.1) is 11.3 Å². The summed E-state index contributed by atoms with van der Waals surface area (Å²) < 4.78 is 2.44. The Morgan fingerprint density at radius 2 is 2.05 bits per heavy atom. The van der Waals surface area contributed by atoms with Crippen LogP contribution in [-0.2, 0) is 13.1 Å². The molecule has 0 bridgehead atoms. The molecule has 3 aromatic rings. The number of benzene rings is 1. The summed E-state index contributed by atoms with van der Waals surface area (Å²) >= 11 is 1.83. The molecule has 0 aliphatic heterocycles. The molecule has 0 atom stereocenters. The first-order valence-electron chi connectivity index (χ1n) is 7.52. The molecule has 0 saturated carbocycles. The lowest BCUT2D eigenvalue weighted by Gasteiger charge is -2.07. The van der Waals surface area contributed by atoms with Crippen LogP contribution in [0.2, 0.25) is 0 Å². The number of hydrogen-bond donors (Lipinski definition) is 1. The van der Waals surface area contributed by atoms with E-state index in [0.717, 1.165) is 19.6 Å². The number of thiophene rings is 1. The quantitative estimate of drug-likeness (QED) is 0.735. The van der Waals surface area contributed by atoms with Gasteiger partial charge in [0, 0.05) is 28.0 Å². The van der Waals surface area contributed by atoms with Gasteiger partial charge in [0.1, 0.15) is 0 Å². The molecule has 1 aromatic carbocycles. The van der Waals surface area contributed by atoms with Crippen molar-refractivity contribution in [1.29, 1.82) is 0 Å². The van der Waals surface area contributed by atoms with Crippen LogP contribution >= 0.6 is 11.3 Å². The van der Waals surface area contributed by atoms with Crippen LogP contribution in [0.4, 0.5) is 0 Å². The van der Waals surface area contributed by atoms with E-state index in [9.17, 15) is 0 Å². The van der Waals surface area contributed by atoms with E-state index in [4.69, 9.17) is 0 Å². The van der Waals surface area contributed by atoms with E-state index in [2.05, 4.69) is 66.4 Å². The molecule has 2 heterocycles. The summed E-state index contributed by atoms with van der Waals surface area (Å²) in [4.78, 5) is 1.41. The van der Waals surface area contributed by atoms with Crippen LogP contribution in [0, 0.1) is 13.8 Å². The molecule has 0 radical (unpaired) electrons. The largest absolute Gasteiger partial charge is 0.339 e. The molecule has 0 spiro atoms. The Balaban J connectivity index is 2.03. The van der Waals surface area contributed by atoms with Gasteiger partial charge < -0.3 is 9.88 Å². The van der Waals surface area contributed by atoms with E-state index >= 15 is 0 Å². The first-order valence-corrected chi connectivity index (χ1v) is 8.40. The fourth-order valence-electron chi connectivity index (χ4n) is 2.84. The number of aryl methyl sites for hydroxylation is 1. The average Bonchev–Trinajstić information content (AvgIpc) is 3.09. The van der Waals surface area contributed by atoms with Crippen molar-refractivity contribution in [1.82, 2.24) is 9.88 Å². The van der Waals surface area contributed by atoms with Crippen LogP contribution in [0.3, 0.4) is 0 Å². The van der Waals surface area contributed by atoms with Crippen molar-refractivity contribution in [3.8, 4) is 0 Å². The fourth-order valence-corrected chi connectivity index (χ4v) is 3.53. The van der Waals surface area contributed by atoms with Gasteiger partial charge in [-0.2, -0.15) is 0 Å². The standard InChI is InChI=1S/C18H22N2S/c1-4-19-11-15-7-8-18-17(10-15)13(2)14(3)20(18)12-16-6-5-9-21-16/h5-10,19H,4,11-12H2,1-3H3. The Bertz CT molecular complexity index is 738. The normalized spacial score (nSPS) is 11.4. The summed E-state index contributed by atoms with van der Waals surface area (Å²) in [5.74, 6) is 0. The van der Waals surface area contributed by atoms with E-state index in [0.29, 0.717) is 0 Å². The minimum absolute atomic E-state index is 0.945. The lowest BCUT2D eigenvalue weighted by molar-refractivity contribution is 0.727. The Morgan fingerprint density at radius 3 is 2.76 bits per heavy atom. The Morgan fingerprint density at radius 1 is 1.19 bits per heavy atom. The SMILES string of the molecule is CCNCc1ccc2c(c1)c(C)c(C)n2Cc1cccs1. The molecule has 110 valence electrons. The molecular formula is C18H22N2S. The van der Waals surface area contributed by atoms with Gasteiger partial charge >= 0.3 is 0 Å². The van der Waals surface area contributed by atoms with Gasteiger partial charge in [0.25, 0.3) is 0 Å². The predicted molar refractivity (Wildman–Crippen MR) is 92.2 cm³/mol. The van der Waals surface area contributed by atoms with E-state index < -0.39 is 0 Å². The van der Waals surface area contributed by atoms with E-state index in [1.54, 1.807) is 0 Å². The minimum Gasteiger partial charge on any atom is -0.339 e. The van der Waals surface area contributed by atoms with Gasteiger partial charge in [0.15, 0.2) is 0 Å². The number of aromatic nitrogens is 1. The lowest BCUT2D eigenvalue weighted by atomic mass is 10.1. The van der Waals surface area contributed by atoms with Crippen molar-refractivity contribution in [2.24, 2.45) is 0 Å². The van der Waals surface area contributed by atoms with Crippen molar-refractivity contribution in [3.63, 3.8) is 0 Å². The van der Waals surface area contributed by atoms with Gasteiger partial charge in [-0.1, -0.05) is 19.1 Å². The molecule has 0 amide bonds. The molecule has 2 aromatic heterocycles. The molecule has 21 heavy (non-hydrogen) atoms. The summed E-state index contributed by atoms with van der Waals surface area (Å²) in [7, 11) is 0. The van der Waals surface area contributed by atoms with Gasteiger partial charge in [0.05, 0.1) is 6.54 Å². The molecule has 1 N–H and O–H groups in total. The molecule has 0 aliphatic carbocycles. The van der Waals surface area contributed by atoms with E-state index in [-0.39, 0.29) is 0 Å². The molecule has 0 aliphatic rings. The van der Waals surface area contributed by atoms with Gasteiger partial charge in [-0.25, -0.2) is 0 Å². The molecule has 0 unspecified atom stereocenters. The molecule has 3 rings (SSSR count). The molecule has 0 fully saturated rings. The van der Waals surface area contributed by atoms with Crippen molar-refractivity contribution < 1.29 is 0 Å². The molecular weight excluding hydrogens is 276 g/mol. The zero-order valence-corrected chi connectivity index (χ0v) is 13.8. The topological polar surface area (TPSA) is 17.0 Å². The summed E-state index contributed by atoms with van der Waals surface area (Å²) in [6, 6.07) is 11.2. The number of nitrogens with one attached hydrogen (secondary N) is 1. The van der Waals surface area contributed by atoms with Crippen molar-refractivity contribution in [2.45, 2.75) is 33.9 Å². The van der Waals surface area contributed by atoms with Crippen molar-refractivity contribution >= 4 is 22.2 Å². The third kappa shape index (κ3) is 2.76. The smallest absolute Gasteiger partial charge is 0.0572 e. The van der Waals surface area contributed by atoms with Gasteiger partial charge in [-0.05, 0) is 55.1 Å². The van der Waals surface area contributed by atoms with E-state index in [1.807, 2.05) is 11.3 Å². The summed E-state index contributed by atoms with van der Waals surface area (Å²) in [5, 5.41) is 6.94. The van der Waals surface area contributed by atoms with Crippen LogP contribution in [0.15, 0.2) is 35.7 Å².